The summed E-state index contributed by atoms with van der Waals surface area (Å²) in [4.78, 5) is 12.0. The van der Waals surface area contributed by atoms with E-state index in [0.717, 1.165) is 12.0 Å². The van der Waals surface area contributed by atoms with Crippen molar-refractivity contribution in [3.8, 4) is 0 Å². The molecule has 0 saturated heterocycles. The average molecular weight is 441 g/mol. The second-order valence-electron chi connectivity index (χ2n) is 10.8. The predicted molar refractivity (Wildman–Crippen MR) is 117 cm³/mol. The molecule has 3 saturated carbocycles. The van der Waals surface area contributed by atoms with Gasteiger partial charge in [0, 0.05) is 24.2 Å². The second-order valence-corrected chi connectivity index (χ2v) is 11.9. The van der Waals surface area contributed by atoms with E-state index in [1.165, 1.54) is 11.8 Å². The third kappa shape index (κ3) is 2.54. The molecule has 0 spiro atoms. The number of carbonyl (C=O) groups is 1. The molecule has 0 amide bonds. The topological polar surface area (TPSA) is 77.8 Å². The van der Waals surface area contributed by atoms with Crippen LogP contribution < -0.4 is 0 Å². The molecule has 170 valence electrons. The first kappa shape index (κ1) is 22.8. The highest BCUT2D eigenvalue weighted by molar-refractivity contribution is 8.00. The minimum absolute atomic E-state index is 0.0233. The number of allylic oxidation sites excluding steroid dienone is 1. The number of carbonyl (C=O) groups excluding carboxylic acids is 1. The van der Waals surface area contributed by atoms with Gasteiger partial charge >= 0.3 is 0 Å². The molecule has 0 aromatic carbocycles. The molecule has 4 rings (SSSR count). The van der Waals surface area contributed by atoms with Crippen molar-refractivity contribution in [1.82, 2.24) is 0 Å². The lowest BCUT2D eigenvalue weighted by Crippen LogP contribution is -2.70. The molecule has 0 heterocycles. The first-order chi connectivity index (χ1) is 13.9. The van der Waals surface area contributed by atoms with Gasteiger partial charge in [0.2, 0.25) is 0 Å². The van der Waals surface area contributed by atoms with Crippen LogP contribution in [-0.2, 0) is 4.79 Å². The maximum atomic E-state index is 17.1. The summed E-state index contributed by atoms with van der Waals surface area (Å²) in [7, 11) is 0. The fraction of sp³-hybridized carbons (Fsp3) is 0.875. The second kappa shape index (κ2) is 7.03. The van der Waals surface area contributed by atoms with E-state index in [-0.39, 0.29) is 30.5 Å². The van der Waals surface area contributed by atoms with Gasteiger partial charge in [0.15, 0.2) is 11.6 Å². The van der Waals surface area contributed by atoms with Gasteiger partial charge in [0.25, 0.3) is 0 Å². The van der Waals surface area contributed by atoms with Crippen LogP contribution in [0.1, 0.15) is 78.6 Å². The standard InChI is InChI=1S/C24H37FO4S/c1-5-10-23(28,29)22(30-4)12-9-17-18-7-6-15-13-16(26)8-11-20(15,2)24(18,25)19(27)14-21(17,22)3/h13,17-19,27-29H,5-12,14H2,1-4H3/t17-,18-,19?,20-,21-,22?,24+/m0/s1. The van der Waals surface area contributed by atoms with Crippen LogP contribution in [0.15, 0.2) is 11.6 Å². The average Bonchev–Trinajstić information content (AvgIpc) is 2.97. The molecule has 4 aliphatic rings. The quantitative estimate of drug-likeness (QED) is 0.572. The highest BCUT2D eigenvalue weighted by atomic mass is 32.2. The predicted octanol–water partition coefficient (Wildman–Crippen LogP) is 4.16. The van der Waals surface area contributed by atoms with Crippen LogP contribution in [0.2, 0.25) is 0 Å². The Hall–Kier alpha value is -0.430. The van der Waals surface area contributed by atoms with Crippen molar-refractivity contribution >= 4 is 17.5 Å². The number of fused-ring (bicyclic) bond motifs is 5. The molecule has 0 radical (unpaired) electrons. The Balaban J connectivity index is 1.80. The fourth-order valence-corrected chi connectivity index (χ4v) is 9.72. The van der Waals surface area contributed by atoms with Crippen LogP contribution in [0, 0.1) is 22.7 Å². The van der Waals surface area contributed by atoms with Crippen LogP contribution in [0.5, 0.6) is 0 Å². The molecule has 6 heteroatoms. The van der Waals surface area contributed by atoms with Gasteiger partial charge in [0.05, 0.1) is 10.9 Å². The van der Waals surface area contributed by atoms with Crippen molar-refractivity contribution in [2.45, 2.75) is 101 Å². The molecule has 3 fully saturated rings. The van der Waals surface area contributed by atoms with E-state index < -0.39 is 33.1 Å². The number of hydrogen-bond acceptors (Lipinski definition) is 5. The minimum Gasteiger partial charge on any atom is -0.390 e. The lowest BCUT2D eigenvalue weighted by atomic mass is 9.44. The lowest BCUT2D eigenvalue weighted by molar-refractivity contribution is -0.246. The van der Waals surface area contributed by atoms with Crippen molar-refractivity contribution < 1.29 is 24.5 Å². The van der Waals surface area contributed by atoms with Crippen LogP contribution >= 0.6 is 11.8 Å². The number of hydrogen-bond donors (Lipinski definition) is 3. The Morgan fingerprint density at radius 3 is 2.53 bits per heavy atom. The van der Waals surface area contributed by atoms with Crippen LogP contribution in [0.4, 0.5) is 4.39 Å². The van der Waals surface area contributed by atoms with Crippen LogP contribution in [0.25, 0.3) is 0 Å². The summed E-state index contributed by atoms with van der Waals surface area (Å²) >= 11 is 1.48. The summed E-state index contributed by atoms with van der Waals surface area (Å²) in [5.74, 6) is -2.16. The number of thioether (sulfide) groups is 1. The van der Waals surface area contributed by atoms with Crippen molar-refractivity contribution in [3.63, 3.8) is 0 Å². The van der Waals surface area contributed by atoms with Crippen molar-refractivity contribution in [2.24, 2.45) is 22.7 Å². The third-order valence-corrected chi connectivity index (χ3v) is 11.4. The van der Waals surface area contributed by atoms with Gasteiger partial charge in [-0.15, -0.1) is 0 Å². The molecule has 4 nitrogen and oxygen atoms in total. The number of alkyl halides is 1. The Kier molecular flexibility index (Phi) is 5.33. The van der Waals surface area contributed by atoms with E-state index in [4.69, 9.17) is 0 Å². The van der Waals surface area contributed by atoms with E-state index in [1.54, 1.807) is 6.08 Å². The fourth-order valence-electron chi connectivity index (χ4n) is 8.27. The normalized spacial score (nSPS) is 48.6. The van der Waals surface area contributed by atoms with Gasteiger partial charge in [-0.2, -0.15) is 11.8 Å². The first-order valence-electron chi connectivity index (χ1n) is 11.5. The van der Waals surface area contributed by atoms with Gasteiger partial charge in [-0.05, 0) is 62.2 Å². The zero-order valence-electron chi connectivity index (χ0n) is 18.7. The van der Waals surface area contributed by atoms with E-state index in [0.29, 0.717) is 38.5 Å². The Morgan fingerprint density at radius 2 is 1.90 bits per heavy atom. The smallest absolute Gasteiger partial charge is 0.178 e. The van der Waals surface area contributed by atoms with Crippen LogP contribution in [0.3, 0.4) is 0 Å². The summed E-state index contributed by atoms with van der Waals surface area (Å²) in [6, 6.07) is 0. The molecule has 0 aliphatic heterocycles. The lowest BCUT2D eigenvalue weighted by Gasteiger charge is -2.65. The largest absolute Gasteiger partial charge is 0.390 e. The zero-order chi connectivity index (χ0) is 22.2. The highest BCUT2D eigenvalue weighted by Gasteiger charge is 2.75. The monoisotopic (exact) mass is 440 g/mol. The minimum atomic E-state index is -1.86. The van der Waals surface area contributed by atoms with E-state index in [9.17, 15) is 20.1 Å². The summed E-state index contributed by atoms with van der Waals surface area (Å²) in [6.45, 7) is 5.89. The number of ketones is 1. The van der Waals surface area contributed by atoms with Gasteiger partial charge in [-0.1, -0.05) is 32.8 Å². The zero-order valence-corrected chi connectivity index (χ0v) is 19.5. The van der Waals surface area contributed by atoms with Gasteiger partial charge in [0.1, 0.15) is 5.67 Å². The number of aliphatic hydroxyl groups is 3. The Labute approximate surface area is 183 Å². The Bertz CT molecular complexity index is 768. The SMILES string of the molecule is CCCC(O)(O)C1(SC)CC[C@H]2[C@@H]3CCC4=CC(=O)CC[C@]4(C)[C@]3(F)C(O)C[C@@]21C. The van der Waals surface area contributed by atoms with Crippen LogP contribution in [-0.4, -0.2) is 49.7 Å². The van der Waals surface area contributed by atoms with Crippen molar-refractivity contribution in [2.75, 3.05) is 6.26 Å². The molecule has 0 aromatic heterocycles. The molecule has 4 aliphatic carbocycles. The molecule has 7 atom stereocenters. The number of aliphatic hydroxyl groups excluding tert-OH is 1. The van der Waals surface area contributed by atoms with Gasteiger partial charge in [-0.25, -0.2) is 4.39 Å². The molecule has 0 bridgehead atoms. The molecular formula is C24H37FO4S. The molecule has 2 unspecified atom stereocenters. The summed E-state index contributed by atoms with van der Waals surface area (Å²) < 4.78 is 16.3. The number of rotatable bonds is 4. The van der Waals surface area contributed by atoms with Crippen molar-refractivity contribution in [1.29, 1.82) is 0 Å². The molecule has 3 N–H and O–H groups in total. The van der Waals surface area contributed by atoms with Gasteiger partial charge < -0.3 is 15.3 Å². The van der Waals surface area contributed by atoms with E-state index in [2.05, 4.69) is 6.92 Å². The van der Waals surface area contributed by atoms with Crippen molar-refractivity contribution in [3.05, 3.63) is 11.6 Å². The maximum absolute atomic E-state index is 17.1. The third-order valence-electron chi connectivity index (χ3n) is 9.76. The summed E-state index contributed by atoms with van der Waals surface area (Å²) in [5.41, 5.74) is -2.32. The maximum Gasteiger partial charge on any atom is 0.178 e. The van der Waals surface area contributed by atoms with E-state index in [1.807, 2.05) is 20.1 Å². The Morgan fingerprint density at radius 1 is 1.20 bits per heavy atom. The summed E-state index contributed by atoms with van der Waals surface area (Å²) in [5, 5.41) is 33.8. The molecular weight excluding hydrogens is 403 g/mol. The number of halogens is 1. The van der Waals surface area contributed by atoms with Gasteiger partial charge in [-0.3, -0.25) is 4.79 Å². The summed E-state index contributed by atoms with van der Waals surface area (Å²) in [6.07, 6.45) is 6.91. The molecule has 30 heavy (non-hydrogen) atoms. The first-order valence-corrected chi connectivity index (χ1v) is 12.8. The highest BCUT2D eigenvalue weighted by Crippen LogP contribution is 2.73. The van der Waals surface area contributed by atoms with E-state index >= 15 is 4.39 Å². The molecule has 0 aromatic rings.